The number of benzene rings is 3. The Kier molecular flexibility index (Phi) is 7.90. The molecular formula is C26H29NO3. The largest absolute Gasteiger partial charge is 0.497 e. The van der Waals surface area contributed by atoms with Gasteiger partial charge in [0.25, 0.3) is 5.91 Å². The fourth-order valence-corrected chi connectivity index (χ4v) is 3.15. The lowest BCUT2D eigenvalue weighted by atomic mass is 10.0. The average Bonchev–Trinajstić information content (AvgIpc) is 2.80. The van der Waals surface area contributed by atoms with E-state index < -0.39 is 0 Å². The predicted molar refractivity (Wildman–Crippen MR) is 122 cm³/mol. The van der Waals surface area contributed by atoms with E-state index >= 15 is 0 Å². The summed E-state index contributed by atoms with van der Waals surface area (Å²) in [5, 5.41) is 2.93. The highest BCUT2D eigenvalue weighted by molar-refractivity contribution is 6.04. The molecule has 4 nitrogen and oxygen atoms in total. The zero-order chi connectivity index (χ0) is 21.2. The topological polar surface area (TPSA) is 47.6 Å². The molecule has 0 radical (unpaired) electrons. The molecule has 0 aliphatic rings. The van der Waals surface area contributed by atoms with E-state index in [2.05, 4.69) is 12.2 Å². The molecule has 3 rings (SSSR count). The molecule has 30 heavy (non-hydrogen) atoms. The van der Waals surface area contributed by atoms with Crippen molar-refractivity contribution < 1.29 is 14.3 Å². The van der Waals surface area contributed by atoms with Crippen LogP contribution in [-0.2, 0) is 0 Å². The van der Waals surface area contributed by atoms with Crippen LogP contribution < -0.4 is 14.8 Å². The van der Waals surface area contributed by atoms with Crippen LogP contribution in [0.15, 0.2) is 72.8 Å². The van der Waals surface area contributed by atoms with Gasteiger partial charge in [-0.2, -0.15) is 0 Å². The zero-order valence-electron chi connectivity index (χ0n) is 17.7. The van der Waals surface area contributed by atoms with E-state index in [-0.39, 0.29) is 5.91 Å². The maximum atomic E-state index is 12.5. The molecular weight excluding hydrogens is 374 g/mol. The maximum Gasteiger partial charge on any atom is 0.255 e. The van der Waals surface area contributed by atoms with Crippen molar-refractivity contribution >= 4 is 11.6 Å². The van der Waals surface area contributed by atoms with E-state index in [4.69, 9.17) is 9.47 Å². The number of carbonyl (C=O) groups is 1. The van der Waals surface area contributed by atoms with Gasteiger partial charge in [0.2, 0.25) is 0 Å². The van der Waals surface area contributed by atoms with Gasteiger partial charge in [0, 0.05) is 11.3 Å². The van der Waals surface area contributed by atoms with Gasteiger partial charge < -0.3 is 14.8 Å². The molecule has 0 fully saturated rings. The third-order valence-electron chi connectivity index (χ3n) is 4.95. The summed E-state index contributed by atoms with van der Waals surface area (Å²) in [5.41, 5.74) is 3.49. The number of methoxy groups -OCH3 is 1. The van der Waals surface area contributed by atoms with Crippen molar-refractivity contribution in [2.45, 2.75) is 32.6 Å². The minimum Gasteiger partial charge on any atom is -0.497 e. The van der Waals surface area contributed by atoms with Gasteiger partial charge in [-0.15, -0.1) is 0 Å². The predicted octanol–water partition coefficient (Wildman–Crippen LogP) is 6.57. The molecule has 3 aromatic carbocycles. The Balaban J connectivity index is 1.53. The van der Waals surface area contributed by atoms with Crippen LogP contribution in [0, 0.1) is 0 Å². The average molecular weight is 404 g/mol. The summed E-state index contributed by atoms with van der Waals surface area (Å²) in [5.74, 6) is 1.51. The van der Waals surface area contributed by atoms with Crippen LogP contribution in [0.5, 0.6) is 11.5 Å². The highest BCUT2D eigenvalue weighted by atomic mass is 16.5. The number of nitrogens with one attached hydrogen (secondary N) is 1. The van der Waals surface area contributed by atoms with Crippen LogP contribution in [0.25, 0.3) is 11.1 Å². The molecule has 0 aliphatic heterocycles. The molecule has 0 spiro atoms. The van der Waals surface area contributed by atoms with Gasteiger partial charge in [-0.3, -0.25) is 4.79 Å². The molecule has 0 atom stereocenters. The van der Waals surface area contributed by atoms with E-state index in [1.54, 1.807) is 7.11 Å². The van der Waals surface area contributed by atoms with Crippen LogP contribution >= 0.6 is 0 Å². The van der Waals surface area contributed by atoms with Crippen LogP contribution in [0.1, 0.15) is 43.0 Å². The van der Waals surface area contributed by atoms with Crippen LogP contribution in [0.4, 0.5) is 5.69 Å². The van der Waals surface area contributed by atoms with Gasteiger partial charge in [0.15, 0.2) is 0 Å². The number of hydrogen-bond acceptors (Lipinski definition) is 3. The Bertz CT molecular complexity index is 916. The number of ether oxygens (including phenoxy) is 2. The van der Waals surface area contributed by atoms with E-state index in [9.17, 15) is 4.79 Å². The summed E-state index contributed by atoms with van der Waals surface area (Å²) in [7, 11) is 1.65. The summed E-state index contributed by atoms with van der Waals surface area (Å²) in [6.45, 7) is 2.93. The van der Waals surface area contributed by atoms with Gasteiger partial charge in [0.1, 0.15) is 11.5 Å². The van der Waals surface area contributed by atoms with Gasteiger partial charge >= 0.3 is 0 Å². The van der Waals surface area contributed by atoms with Crippen molar-refractivity contribution in [2.75, 3.05) is 19.0 Å². The van der Waals surface area contributed by atoms with Crippen molar-refractivity contribution in [1.82, 2.24) is 0 Å². The van der Waals surface area contributed by atoms with Crippen LogP contribution in [0.2, 0.25) is 0 Å². The first-order valence-electron chi connectivity index (χ1n) is 10.5. The Morgan fingerprint density at radius 3 is 1.97 bits per heavy atom. The quantitative estimate of drug-likeness (QED) is 0.389. The zero-order valence-corrected chi connectivity index (χ0v) is 17.7. The first kappa shape index (κ1) is 21.4. The first-order valence-corrected chi connectivity index (χ1v) is 10.5. The minimum absolute atomic E-state index is 0.135. The Hall–Kier alpha value is -3.27. The Labute approximate surface area is 178 Å². The second-order valence-electron chi connectivity index (χ2n) is 7.19. The number of hydrogen-bond donors (Lipinski definition) is 1. The molecule has 4 heteroatoms. The second-order valence-corrected chi connectivity index (χ2v) is 7.19. The van der Waals surface area contributed by atoms with Gasteiger partial charge in [-0.25, -0.2) is 0 Å². The summed E-state index contributed by atoms with van der Waals surface area (Å²) < 4.78 is 10.9. The summed E-state index contributed by atoms with van der Waals surface area (Å²) in [4.78, 5) is 12.5. The van der Waals surface area contributed by atoms with Crippen LogP contribution in [0.3, 0.4) is 0 Å². The molecule has 0 bridgehead atoms. The van der Waals surface area contributed by atoms with Gasteiger partial charge in [-0.1, -0.05) is 50.5 Å². The number of anilines is 1. The lowest BCUT2D eigenvalue weighted by Gasteiger charge is -2.09. The highest BCUT2D eigenvalue weighted by Gasteiger charge is 2.07. The fraction of sp³-hybridized carbons (Fsp3) is 0.269. The molecule has 156 valence electrons. The third-order valence-corrected chi connectivity index (χ3v) is 4.95. The summed E-state index contributed by atoms with van der Waals surface area (Å²) in [6, 6.07) is 22.9. The normalized spacial score (nSPS) is 10.5. The smallest absolute Gasteiger partial charge is 0.255 e. The molecule has 0 heterocycles. The highest BCUT2D eigenvalue weighted by Crippen LogP contribution is 2.23. The summed E-state index contributed by atoms with van der Waals surface area (Å²) in [6.07, 6.45) is 4.73. The lowest BCUT2D eigenvalue weighted by Crippen LogP contribution is -2.11. The Morgan fingerprint density at radius 2 is 1.37 bits per heavy atom. The molecule has 0 unspecified atom stereocenters. The number of amides is 1. The molecule has 1 N–H and O–H groups in total. The van der Waals surface area contributed by atoms with Crippen molar-refractivity contribution in [1.29, 1.82) is 0 Å². The van der Waals surface area contributed by atoms with Crippen molar-refractivity contribution in [3.8, 4) is 22.6 Å². The molecule has 0 saturated carbocycles. The maximum absolute atomic E-state index is 12.5. The second kappa shape index (κ2) is 11.1. The van der Waals surface area contributed by atoms with Crippen molar-refractivity contribution in [3.05, 3.63) is 78.4 Å². The lowest BCUT2D eigenvalue weighted by molar-refractivity contribution is 0.102. The molecule has 1 amide bonds. The molecule has 0 saturated heterocycles. The molecule has 3 aromatic rings. The fourth-order valence-electron chi connectivity index (χ4n) is 3.15. The number of carbonyl (C=O) groups excluding carboxylic acids is 1. The van der Waals surface area contributed by atoms with E-state index in [1.165, 1.54) is 19.3 Å². The SMILES string of the molecule is CCCCCCOc1ccc(NC(=O)c2ccc(-c3ccc(OC)cc3)cc2)cc1. The number of unbranched alkanes of at least 4 members (excludes halogenated alkanes) is 3. The van der Waals surface area contributed by atoms with Gasteiger partial charge in [0.05, 0.1) is 13.7 Å². The van der Waals surface area contributed by atoms with Crippen molar-refractivity contribution in [2.24, 2.45) is 0 Å². The van der Waals surface area contributed by atoms with Gasteiger partial charge in [-0.05, 0) is 66.1 Å². The van der Waals surface area contributed by atoms with Crippen LogP contribution in [-0.4, -0.2) is 19.6 Å². The monoisotopic (exact) mass is 403 g/mol. The van der Waals surface area contributed by atoms with Crippen molar-refractivity contribution in [3.63, 3.8) is 0 Å². The first-order chi connectivity index (χ1) is 14.7. The molecule has 0 aliphatic carbocycles. The van der Waals surface area contributed by atoms with E-state index in [1.807, 2.05) is 72.8 Å². The number of rotatable bonds is 10. The van der Waals surface area contributed by atoms with E-state index in [0.29, 0.717) is 5.56 Å². The Morgan fingerprint density at radius 1 is 0.767 bits per heavy atom. The molecule has 0 aromatic heterocycles. The van der Waals surface area contributed by atoms with E-state index in [0.717, 1.165) is 41.3 Å². The third kappa shape index (κ3) is 6.11. The summed E-state index contributed by atoms with van der Waals surface area (Å²) >= 11 is 0. The standard InChI is InChI=1S/C26H29NO3/c1-3-4-5-6-19-30-25-17-13-23(14-18-25)27-26(28)22-9-7-20(8-10-22)21-11-15-24(29-2)16-12-21/h7-18H,3-6,19H2,1-2H3,(H,27,28). The minimum atomic E-state index is -0.135.